The van der Waals surface area contributed by atoms with Gasteiger partial charge in [-0.05, 0) is 31.4 Å². The van der Waals surface area contributed by atoms with Crippen molar-refractivity contribution < 1.29 is 13.9 Å². The van der Waals surface area contributed by atoms with Gasteiger partial charge in [-0.15, -0.1) is 11.3 Å². The molecule has 0 fully saturated rings. The zero-order chi connectivity index (χ0) is 15.3. The van der Waals surface area contributed by atoms with Gasteiger partial charge in [0.05, 0.1) is 6.61 Å². The first kappa shape index (κ1) is 15.7. The Bertz CT molecular complexity index is 600. The molecule has 3 nitrogen and oxygen atoms in total. The number of carbonyl (C=O) groups excluding carboxylic acids is 1. The number of esters is 1. The van der Waals surface area contributed by atoms with E-state index in [9.17, 15) is 9.18 Å². The number of thiophene rings is 1. The molecule has 1 heterocycles. The molecule has 21 heavy (non-hydrogen) atoms. The molecule has 0 saturated carbocycles. The van der Waals surface area contributed by atoms with Gasteiger partial charge in [0.25, 0.3) is 0 Å². The van der Waals surface area contributed by atoms with Crippen LogP contribution in [0.15, 0.2) is 41.8 Å². The molecule has 1 N–H and O–H groups in total. The Kier molecular flexibility index (Phi) is 5.09. The fraction of sp³-hybridized carbons (Fsp3) is 0.312. The number of ether oxygens (including phenoxy) is 1. The monoisotopic (exact) mass is 307 g/mol. The minimum absolute atomic E-state index is 0.254. The highest BCUT2D eigenvalue weighted by molar-refractivity contribution is 7.09. The quantitative estimate of drug-likeness (QED) is 0.831. The lowest BCUT2D eigenvalue weighted by Crippen LogP contribution is -2.47. The van der Waals surface area contributed by atoms with Crippen molar-refractivity contribution >= 4 is 17.3 Å². The van der Waals surface area contributed by atoms with Gasteiger partial charge in [0.1, 0.15) is 11.4 Å². The van der Waals surface area contributed by atoms with E-state index < -0.39 is 17.3 Å². The molecule has 0 amide bonds. The van der Waals surface area contributed by atoms with E-state index in [0.717, 1.165) is 4.88 Å². The van der Waals surface area contributed by atoms with Gasteiger partial charge in [0, 0.05) is 17.0 Å². The molecule has 0 bridgehead atoms. The van der Waals surface area contributed by atoms with Crippen molar-refractivity contribution in [2.75, 3.05) is 6.61 Å². The van der Waals surface area contributed by atoms with Crippen molar-refractivity contribution in [2.24, 2.45) is 0 Å². The highest BCUT2D eigenvalue weighted by atomic mass is 32.1. The van der Waals surface area contributed by atoms with E-state index in [2.05, 4.69) is 5.32 Å². The maximum Gasteiger partial charge on any atom is 0.330 e. The van der Waals surface area contributed by atoms with Crippen LogP contribution in [-0.2, 0) is 21.6 Å². The van der Waals surface area contributed by atoms with Crippen LogP contribution in [-0.4, -0.2) is 12.6 Å². The number of hydrogen-bond donors (Lipinski definition) is 1. The molecule has 2 rings (SSSR count). The molecule has 5 heteroatoms. The highest BCUT2D eigenvalue weighted by Crippen LogP contribution is 2.26. The summed E-state index contributed by atoms with van der Waals surface area (Å²) in [6.45, 7) is 4.11. The molecule has 1 atom stereocenters. The van der Waals surface area contributed by atoms with Crippen LogP contribution in [0, 0.1) is 5.82 Å². The van der Waals surface area contributed by atoms with Crippen LogP contribution >= 0.6 is 11.3 Å². The van der Waals surface area contributed by atoms with Gasteiger partial charge in [-0.2, -0.15) is 0 Å². The molecule has 0 aliphatic rings. The number of benzene rings is 1. The average Bonchev–Trinajstić information content (AvgIpc) is 2.99. The summed E-state index contributed by atoms with van der Waals surface area (Å²) < 4.78 is 19.2. The molecular formula is C16H18FNO2S. The molecular weight excluding hydrogens is 289 g/mol. The van der Waals surface area contributed by atoms with E-state index in [1.54, 1.807) is 43.4 Å². The Morgan fingerprint density at radius 3 is 2.71 bits per heavy atom. The third kappa shape index (κ3) is 3.49. The summed E-state index contributed by atoms with van der Waals surface area (Å²) in [6, 6.07) is 10.2. The molecule has 0 radical (unpaired) electrons. The van der Waals surface area contributed by atoms with Crippen molar-refractivity contribution in [3.63, 3.8) is 0 Å². The lowest BCUT2D eigenvalue weighted by Gasteiger charge is -2.29. The SMILES string of the molecule is CCOC(=O)C(C)(NCc1cccs1)c1ccccc1F. The number of carbonyl (C=O) groups is 1. The second-order valence-electron chi connectivity index (χ2n) is 4.76. The standard InChI is InChI=1S/C16H18FNO2S/c1-3-20-15(19)16(2,13-8-4-5-9-14(13)17)18-11-12-7-6-10-21-12/h4-10,18H,3,11H2,1-2H3. The number of halogens is 1. The van der Waals surface area contributed by atoms with E-state index in [-0.39, 0.29) is 6.61 Å². The fourth-order valence-electron chi connectivity index (χ4n) is 2.10. The van der Waals surface area contributed by atoms with E-state index in [4.69, 9.17) is 4.74 Å². The smallest absolute Gasteiger partial charge is 0.330 e. The summed E-state index contributed by atoms with van der Waals surface area (Å²) in [5.74, 6) is -0.904. The van der Waals surface area contributed by atoms with Crippen LogP contribution in [0.25, 0.3) is 0 Å². The van der Waals surface area contributed by atoms with Crippen LogP contribution in [0.2, 0.25) is 0 Å². The molecule has 1 aromatic carbocycles. The molecule has 112 valence electrons. The zero-order valence-electron chi connectivity index (χ0n) is 12.1. The van der Waals surface area contributed by atoms with Crippen LogP contribution in [0.1, 0.15) is 24.3 Å². The van der Waals surface area contributed by atoms with Crippen molar-refractivity contribution in [1.29, 1.82) is 0 Å². The molecule has 0 aliphatic carbocycles. The lowest BCUT2D eigenvalue weighted by molar-refractivity contribution is -0.151. The molecule has 2 aromatic rings. The van der Waals surface area contributed by atoms with Crippen LogP contribution in [0.4, 0.5) is 4.39 Å². The fourth-order valence-corrected chi connectivity index (χ4v) is 2.74. The summed E-state index contributed by atoms with van der Waals surface area (Å²) in [5.41, 5.74) is -0.925. The molecule has 1 unspecified atom stereocenters. The number of rotatable bonds is 6. The van der Waals surface area contributed by atoms with E-state index in [1.165, 1.54) is 6.07 Å². The second-order valence-corrected chi connectivity index (χ2v) is 5.79. The maximum atomic E-state index is 14.1. The largest absolute Gasteiger partial charge is 0.464 e. The van der Waals surface area contributed by atoms with Crippen LogP contribution in [0.3, 0.4) is 0 Å². The molecule has 1 aromatic heterocycles. The maximum absolute atomic E-state index is 14.1. The summed E-state index contributed by atoms with van der Waals surface area (Å²) in [5, 5.41) is 5.10. The van der Waals surface area contributed by atoms with Crippen molar-refractivity contribution in [3.8, 4) is 0 Å². The topological polar surface area (TPSA) is 38.3 Å². The van der Waals surface area contributed by atoms with Gasteiger partial charge in [-0.1, -0.05) is 24.3 Å². The van der Waals surface area contributed by atoms with Gasteiger partial charge in [0.15, 0.2) is 0 Å². The summed E-state index contributed by atoms with van der Waals surface area (Å²) in [4.78, 5) is 13.4. The van der Waals surface area contributed by atoms with Crippen molar-refractivity contribution in [1.82, 2.24) is 5.32 Å². The van der Waals surface area contributed by atoms with Crippen molar-refractivity contribution in [2.45, 2.75) is 25.9 Å². The first-order valence-corrected chi connectivity index (χ1v) is 7.65. The minimum atomic E-state index is -1.22. The molecule has 0 saturated heterocycles. The van der Waals surface area contributed by atoms with E-state index >= 15 is 0 Å². The predicted molar refractivity (Wildman–Crippen MR) is 81.5 cm³/mol. The molecule has 0 spiro atoms. The third-order valence-corrected chi connectivity index (χ3v) is 4.17. The van der Waals surface area contributed by atoms with E-state index in [0.29, 0.717) is 12.1 Å². The van der Waals surface area contributed by atoms with Crippen LogP contribution < -0.4 is 5.32 Å². The van der Waals surface area contributed by atoms with Crippen LogP contribution in [0.5, 0.6) is 0 Å². The van der Waals surface area contributed by atoms with E-state index in [1.807, 2.05) is 17.5 Å². The number of hydrogen-bond acceptors (Lipinski definition) is 4. The second kappa shape index (κ2) is 6.83. The first-order valence-electron chi connectivity index (χ1n) is 6.77. The average molecular weight is 307 g/mol. The number of nitrogens with one attached hydrogen (secondary N) is 1. The third-order valence-electron chi connectivity index (χ3n) is 3.29. The summed E-state index contributed by atoms with van der Waals surface area (Å²) >= 11 is 1.58. The predicted octanol–water partition coefficient (Wildman–Crippen LogP) is 3.46. The zero-order valence-corrected chi connectivity index (χ0v) is 12.9. The van der Waals surface area contributed by atoms with Gasteiger partial charge >= 0.3 is 5.97 Å². The van der Waals surface area contributed by atoms with Gasteiger partial charge in [-0.3, -0.25) is 5.32 Å². The Hall–Kier alpha value is -1.72. The van der Waals surface area contributed by atoms with Gasteiger partial charge in [0.2, 0.25) is 0 Å². The Morgan fingerprint density at radius 2 is 2.10 bits per heavy atom. The lowest BCUT2D eigenvalue weighted by atomic mass is 9.91. The highest BCUT2D eigenvalue weighted by Gasteiger charge is 2.38. The minimum Gasteiger partial charge on any atom is -0.464 e. The van der Waals surface area contributed by atoms with Gasteiger partial charge in [-0.25, -0.2) is 9.18 Å². The first-order chi connectivity index (χ1) is 10.1. The summed E-state index contributed by atoms with van der Waals surface area (Å²) in [7, 11) is 0. The Balaban J connectivity index is 2.30. The van der Waals surface area contributed by atoms with Crippen molar-refractivity contribution in [3.05, 3.63) is 58.0 Å². The summed E-state index contributed by atoms with van der Waals surface area (Å²) in [6.07, 6.45) is 0. The Morgan fingerprint density at radius 1 is 1.33 bits per heavy atom. The molecule has 0 aliphatic heterocycles. The normalized spacial score (nSPS) is 13.7. The van der Waals surface area contributed by atoms with Gasteiger partial charge < -0.3 is 4.74 Å². The Labute approximate surface area is 127 Å².